The van der Waals surface area contributed by atoms with Crippen molar-refractivity contribution in [1.29, 1.82) is 0 Å². The van der Waals surface area contributed by atoms with Gasteiger partial charge in [-0.3, -0.25) is 0 Å². The Kier molecular flexibility index (Phi) is 2.70. The van der Waals surface area contributed by atoms with E-state index in [1.54, 1.807) is 6.08 Å². The van der Waals surface area contributed by atoms with Crippen LogP contribution in [0.25, 0.3) is 0 Å². The maximum absolute atomic E-state index is 10.6. The van der Waals surface area contributed by atoms with Crippen molar-refractivity contribution in [2.24, 2.45) is 0 Å². The van der Waals surface area contributed by atoms with Gasteiger partial charge in [0.15, 0.2) is 13.1 Å². The molecule has 1 aliphatic rings. The van der Waals surface area contributed by atoms with Crippen molar-refractivity contribution in [3.8, 4) is 0 Å². The van der Waals surface area contributed by atoms with Crippen molar-refractivity contribution < 1.29 is 14.5 Å². The van der Waals surface area contributed by atoms with Crippen LogP contribution in [0.4, 0.5) is 0 Å². The van der Waals surface area contributed by atoms with Crippen LogP contribution in [-0.4, -0.2) is 39.5 Å². The molecule has 0 aliphatic carbocycles. The number of aliphatic carboxylic acids is 1. The molecular formula is C7H10NO2S+. The lowest BCUT2D eigenvalue weighted by Crippen LogP contribution is -2.21. The minimum Gasteiger partial charge on any atom is -0.473 e. The van der Waals surface area contributed by atoms with Crippen LogP contribution in [0.3, 0.4) is 0 Å². The van der Waals surface area contributed by atoms with Crippen LogP contribution in [0.1, 0.15) is 0 Å². The van der Waals surface area contributed by atoms with E-state index in [2.05, 4.69) is 6.58 Å². The second kappa shape index (κ2) is 3.57. The molecule has 1 heterocycles. The van der Waals surface area contributed by atoms with Crippen molar-refractivity contribution in [2.45, 2.75) is 0 Å². The summed E-state index contributed by atoms with van der Waals surface area (Å²) in [6, 6.07) is 0. The summed E-state index contributed by atoms with van der Waals surface area (Å²) in [6.45, 7) is 5.01. The van der Waals surface area contributed by atoms with Crippen LogP contribution in [0.15, 0.2) is 12.7 Å². The third-order valence-corrected chi connectivity index (χ3v) is 2.51. The summed E-state index contributed by atoms with van der Waals surface area (Å²) in [4.78, 5) is 10.6. The Morgan fingerprint density at radius 2 is 2.64 bits per heavy atom. The summed E-state index contributed by atoms with van der Waals surface area (Å²) in [5.41, 5.74) is 0. The topological polar surface area (TPSA) is 40.3 Å². The van der Waals surface area contributed by atoms with Crippen LogP contribution in [0.5, 0.6) is 0 Å². The predicted octanol–water partition coefficient (Wildman–Crippen LogP) is 0.415. The summed E-state index contributed by atoms with van der Waals surface area (Å²) in [7, 11) is 0. The number of thioether (sulfide) groups is 1. The standard InChI is InChI=1S/C7H9NO2S/c1-2-3-8-4-5-11-6(8)7(9)10/h2H,1,3-5H2/p+1. The highest BCUT2D eigenvalue weighted by atomic mass is 32.2. The lowest BCUT2D eigenvalue weighted by molar-refractivity contribution is -0.506. The molecule has 0 aromatic carbocycles. The number of hydrogen-bond acceptors (Lipinski definition) is 2. The molecule has 0 amide bonds. The van der Waals surface area contributed by atoms with E-state index in [0.717, 1.165) is 12.3 Å². The van der Waals surface area contributed by atoms with Gasteiger partial charge in [0.1, 0.15) is 0 Å². The molecule has 3 nitrogen and oxygen atoms in total. The molecule has 1 aliphatic heterocycles. The van der Waals surface area contributed by atoms with E-state index in [1.807, 2.05) is 4.58 Å². The molecule has 1 rings (SSSR count). The molecule has 0 spiro atoms. The first-order valence-electron chi connectivity index (χ1n) is 3.34. The maximum atomic E-state index is 10.6. The van der Waals surface area contributed by atoms with Crippen molar-refractivity contribution in [3.63, 3.8) is 0 Å². The molecule has 0 atom stereocenters. The third-order valence-electron chi connectivity index (χ3n) is 1.42. The summed E-state index contributed by atoms with van der Waals surface area (Å²) >= 11 is 1.39. The number of rotatable bonds is 3. The Morgan fingerprint density at radius 3 is 3.18 bits per heavy atom. The minimum absolute atomic E-state index is 0.449. The molecule has 0 saturated heterocycles. The van der Waals surface area contributed by atoms with Gasteiger partial charge >= 0.3 is 11.0 Å². The van der Waals surface area contributed by atoms with Crippen LogP contribution in [0, 0.1) is 0 Å². The minimum atomic E-state index is -0.825. The van der Waals surface area contributed by atoms with E-state index in [9.17, 15) is 4.79 Å². The smallest absolute Gasteiger partial charge is 0.408 e. The average molecular weight is 172 g/mol. The first-order chi connectivity index (χ1) is 5.25. The summed E-state index contributed by atoms with van der Waals surface area (Å²) in [5, 5.41) is 9.13. The Hall–Kier alpha value is -0.770. The highest BCUT2D eigenvalue weighted by Gasteiger charge is 2.28. The quantitative estimate of drug-likeness (QED) is 0.495. The molecule has 4 heteroatoms. The number of carbonyl (C=O) groups is 1. The van der Waals surface area contributed by atoms with Crippen LogP contribution in [0.2, 0.25) is 0 Å². The Labute approximate surface area is 69.4 Å². The van der Waals surface area contributed by atoms with Crippen molar-refractivity contribution in [3.05, 3.63) is 12.7 Å². The number of carboxylic acid groups (broad SMARTS) is 1. The van der Waals surface area contributed by atoms with Crippen LogP contribution < -0.4 is 0 Å². The van der Waals surface area contributed by atoms with Gasteiger partial charge in [0.25, 0.3) is 0 Å². The molecular weight excluding hydrogens is 162 g/mol. The van der Waals surface area contributed by atoms with Crippen molar-refractivity contribution in [2.75, 3.05) is 18.8 Å². The van der Waals surface area contributed by atoms with Gasteiger partial charge in [-0.05, 0) is 17.8 Å². The molecule has 0 bridgehead atoms. The fourth-order valence-corrected chi connectivity index (χ4v) is 1.95. The second-order valence-corrected chi connectivity index (χ2v) is 3.28. The average Bonchev–Trinajstić information content (AvgIpc) is 2.36. The molecule has 0 fully saturated rings. The highest BCUT2D eigenvalue weighted by Crippen LogP contribution is 2.11. The Morgan fingerprint density at radius 1 is 1.91 bits per heavy atom. The van der Waals surface area contributed by atoms with Crippen molar-refractivity contribution >= 4 is 22.8 Å². The zero-order chi connectivity index (χ0) is 8.27. The fourth-order valence-electron chi connectivity index (χ4n) is 0.972. The summed E-state index contributed by atoms with van der Waals surface area (Å²) in [6.07, 6.45) is 1.72. The first-order valence-corrected chi connectivity index (χ1v) is 4.33. The molecule has 0 saturated carbocycles. The molecule has 60 valence electrons. The first kappa shape index (κ1) is 8.33. The van der Waals surface area contributed by atoms with E-state index in [0.29, 0.717) is 11.6 Å². The highest BCUT2D eigenvalue weighted by molar-refractivity contribution is 8.15. The maximum Gasteiger partial charge on any atom is 0.408 e. The largest absolute Gasteiger partial charge is 0.473 e. The van der Waals surface area contributed by atoms with Gasteiger partial charge in [-0.1, -0.05) is 6.58 Å². The van der Waals surface area contributed by atoms with Crippen LogP contribution >= 0.6 is 11.8 Å². The molecule has 11 heavy (non-hydrogen) atoms. The SMILES string of the molecule is C=CC[N+]1=C(C(=O)O)SCC1. The number of nitrogens with zero attached hydrogens (tertiary/aromatic N) is 1. The molecule has 0 aromatic rings. The molecule has 0 unspecified atom stereocenters. The van der Waals surface area contributed by atoms with Gasteiger partial charge in [-0.2, -0.15) is 0 Å². The molecule has 1 N–H and O–H groups in total. The van der Waals surface area contributed by atoms with E-state index in [1.165, 1.54) is 11.8 Å². The van der Waals surface area contributed by atoms with E-state index >= 15 is 0 Å². The van der Waals surface area contributed by atoms with Gasteiger partial charge < -0.3 is 5.11 Å². The monoisotopic (exact) mass is 172 g/mol. The Balaban J connectivity index is 2.76. The van der Waals surface area contributed by atoms with Gasteiger partial charge in [0.05, 0.1) is 5.75 Å². The fraction of sp³-hybridized carbons (Fsp3) is 0.429. The summed E-state index contributed by atoms with van der Waals surface area (Å²) < 4.78 is 1.82. The second-order valence-electron chi connectivity index (χ2n) is 2.19. The lowest BCUT2D eigenvalue weighted by atomic mass is 10.5. The predicted molar refractivity (Wildman–Crippen MR) is 45.3 cm³/mol. The molecule has 0 radical (unpaired) electrons. The van der Waals surface area contributed by atoms with Crippen molar-refractivity contribution in [1.82, 2.24) is 0 Å². The Bertz CT molecular complexity index is 222. The molecule has 0 aromatic heterocycles. The van der Waals surface area contributed by atoms with Gasteiger partial charge in [-0.25, -0.2) is 9.37 Å². The normalized spacial score (nSPS) is 17.1. The lowest BCUT2D eigenvalue weighted by Gasteiger charge is -1.92. The van der Waals surface area contributed by atoms with Gasteiger partial charge in [0, 0.05) is 0 Å². The van der Waals surface area contributed by atoms with Crippen LogP contribution in [-0.2, 0) is 4.79 Å². The van der Waals surface area contributed by atoms with E-state index < -0.39 is 5.97 Å². The number of hydrogen-bond donors (Lipinski definition) is 1. The zero-order valence-electron chi connectivity index (χ0n) is 6.12. The van der Waals surface area contributed by atoms with E-state index in [-0.39, 0.29) is 0 Å². The van der Waals surface area contributed by atoms with Gasteiger partial charge in [-0.15, -0.1) is 0 Å². The number of carboxylic acids is 1. The summed E-state index contributed by atoms with van der Waals surface area (Å²) in [5.74, 6) is 0.0458. The van der Waals surface area contributed by atoms with E-state index in [4.69, 9.17) is 5.11 Å². The third kappa shape index (κ3) is 1.83. The zero-order valence-corrected chi connectivity index (χ0v) is 6.93. The van der Waals surface area contributed by atoms with Gasteiger partial charge in [0.2, 0.25) is 0 Å².